The molecule has 3 aromatic rings. The molecule has 0 bridgehead atoms. The van der Waals surface area contributed by atoms with Crippen LogP contribution in [-0.4, -0.2) is 0 Å². The largest absolute Gasteiger partial charge is 0.0587 e. The first-order valence-electron chi connectivity index (χ1n) is 7.07. The molecule has 0 radical (unpaired) electrons. The Hall–Kier alpha value is -1.86. The molecule has 0 amide bonds. The average Bonchev–Trinajstić information content (AvgIpc) is 2.49. The van der Waals surface area contributed by atoms with E-state index in [2.05, 4.69) is 96.5 Å². The van der Waals surface area contributed by atoms with Gasteiger partial charge in [0.25, 0.3) is 0 Å². The Bertz CT molecular complexity index is 753. The van der Waals surface area contributed by atoms with E-state index in [-0.39, 0.29) is 0 Å². The lowest BCUT2D eigenvalue weighted by Crippen LogP contribution is -1.86. The highest BCUT2D eigenvalue weighted by molar-refractivity contribution is 9.10. The van der Waals surface area contributed by atoms with Crippen molar-refractivity contribution in [2.45, 2.75) is 13.8 Å². The van der Waals surface area contributed by atoms with Crippen LogP contribution in [0.2, 0.25) is 0 Å². The molecule has 0 fully saturated rings. The molecule has 0 spiro atoms. The minimum Gasteiger partial charge on any atom is -0.0587 e. The monoisotopic (exact) mass is 336 g/mol. The van der Waals surface area contributed by atoms with E-state index in [1.165, 1.54) is 33.4 Å². The summed E-state index contributed by atoms with van der Waals surface area (Å²) >= 11 is 3.59. The van der Waals surface area contributed by atoms with E-state index in [0.29, 0.717) is 0 Å². The highest BCUT2D eigenvalue weighted by atomic mass is 79.9. The number of halogens is 1. The molecular formula is C20H17Br. The lowest BCUT2D eigenvalue weighted by Gasteiger charge is -2.12. The minimum atomic E-state index is 1.11. The summed E-state index contributed by atoms with van der Waals surface area (Å²) in [6.45, 7) is 4.23. The maximum Gasteiger partial charge on any atom is 0.0181 e. The summed E-state index contributed by atoms with van der Waals surface area (Å²) in [5.41, 5.74) is 7.59. The molecule has 0 aliphatic carbocycles. The van der Waals surface area contributed by atoms with Gasteiger partial charge in [0.2, 0.25) is 0 Å². The summed E-state index contributed by atoms with van der Waals surface area (Å²) in [5, 5.41) is 0. The van der Waals surface area contributed by atoms with Crippen LogP contribution in [0.5, 0.6) is 0 Å². The van der Waals surface area contributed by atoms with Gasteiger partial charge in [-0.05, 0) is 48.2 Å². The Kier molecular flexibility index (Phi) is 3.94. The zero-order chi connectivity index (χ0) is 14.8. The molecule has 0 aromatic heterocycles. The van der Waals surface area contributed by atoms with Crippen LogP contribution < -0.4 is 0 Å². The smallest absolute Gasteiger partial charge is 0.0181 e. The van der Waals surface area contributed by atoms with Gasteiger partial charge < -0.3 is 0 Å². The van der Waals surface area contributed by atoms with Gasteiger partial charge >= 0.3 is 0 Å². The fourth-order valence-corrected chi connectivity index (χ4v) is 2.83. The highest BCUT2D eigenvalue weighted by Crippen LogP contribution is 2.34. The second-order valence-corrected chi connectivity index (χ2v) is 6.34. The molecule has 0 N–H and O–H groups in total. The van der Waals surface area contributed by atoms with Crippen LogP contribution in [0.3, 0.4) is 0 Å². The van der Waals surface area contributed by atoms with E-state index >= 15 is 0 Å². The van der Waals surface area contributed by atoms with Crippen molar-refractivity contribution in [2.75, 3.05) is 0 Å². The number of aryl methyl sites for hydroxylation is 2. The number of hydrogen-bond acceptors (Lipinski definition) is 0. The van der Waals surface area contributed by atoms with Gasteiger partial charge in [-0.25, -0.2) is 0 Å². The summed E-state index contributed by atoms with van der Waals surface area (Å²) < 4.78 is 1.11. The Balaban J connectivity index is 2.17. The fourth-order valence-electron chi connectivity index (χ4n) is 2.47. The van der Waals surface area contributed by atoms with Crippen LogP contribution in [-0.2, 0) is 0 Å². The second kappa shape index (κ2) is 5.87. The highest BCUT2D eigenvalue weighted by Gasteiger charge is 2.08. The van der Waals surface area contributed by atoms with Crippen LogP contribution in [0, 0.1) is 13.8 Å². The molecule has 104 valence electrons. The Morgan fingerprint density at radius 3 is 1.57 bits per heavy atom. The molecule has 3 aromatic carbocycles. The molecule has 1 heteroatoms. The van der Waals surface area contributed by atoms with Crippen LogP contribution in [0.15, 0.2) is 71.2 Å². The van der Waals surface area contributed by atoms with Crippen molar-refractivity contribution in [3.63, 3.8) is 0 Å². The van der Waals surface area contributed by atoms with Crippen LogP contribution in [0.1, 0.15) is 11.1 Å². The van der Waals surface area contributed by atoms with Gasteiger partial charge in [-0.15, -0.1) is 0 Å². The Morgan fingerprint density at radius 2 is 1.05 bits per heavy atom. The first-order valence-corrected chi connectivity index (χ1v) is 7.86. The predicted octanol–water partition coefficient (Wildman–Crippen LogP) is 6.40. The lowest BCUT2D eigenvalue weighted by atomic mass is 9.94. The van der Waals surface area contributed by atoms with Crippen molar-refractivity contribution in [1.29, 1.82) is 0 Å². The minimum absolute atomic E-state index is 1.11. The van der Waals surface area contributed by atoms with Gasteiger partial charge in [-0.3, -0.25) is 0 Å². The standard InChI is InChI=1S/C20H17Br/c1-14-3-7-16(8-4-14)19-12-11-18(21)13-20(19)17-9-5-15(2)6-10-17/h3-13H,1-2H3. The third kappa shape index (κ3) is 3.08. The summed E-state index contributed by atoms with van der Waals surface area (Å²) in [4.78, 5) is 0. The maximum absolute atomic E-state index is 3.59. The fraction of sp³-hybridized carbons (Fsp3) is 0.100. The van der Waals surface area contributed by atoms with E-state index in [4.69, 9.17) is 0 Å². The van der Waals surface area contributed by atoms with Gasteiger partial charge in [0.05, 0.1) is 0 Å². The molecular weight excluding hydrogens is 320 g/mol. The van der Waals surface area contributed by atoms with E-state index in [9.17, 15) is 0 Å². The van der Waals surface area contributed by atoms with Crippen molar-refractivity contribution >= 4 is 15.9 Å². The van der Waals surface area contributed by atoms with E-state index in [0.717, 1.165) is 4.47 Å². The number of hydrogen-bond donors (Lipinski definition) is 0. The van der Waals surface area contributed by atoms with Gasteiger partial charge in [0.15, 0.2) is 0 Å². The van der Waals surface area contributed by atoms with Crippen molar-refractivity contribution in [3.8, 4) is 22.3 Å². The zero-order valence-electron chi connectivity index (χ0n) is 12.2. The normalized spacial score (nSPS) is 10.6. The molecule has 0 unspecified atom stereocenters. The molecule has 0 aliphatic heterocycles. The van der Waals surface area contributed by atoms with E-state index in [1.807, 2.05) is 0 Å². The quantitative estimate of drug-likeness (QED) is 0.507. The van der Waals surface area contributed by atoms with Crippen molar-refractivity contribution < 1.29 is 0 Å². The zero-order valence-corrected chi connectivity index (χ0v) is 13.8. The summed E-state index contributed by atoms with van der Waals surface area (Å²) in [5.74, 6) is 0. The van der Waals surface area contributed by atoms with Crippen molar-refractivity contribution in [1.82, 2.24) is 0 Å². The Morgan fingerprint density at radius 1 is 0.571 bits per heavy atom. The van der Waals surface area contributed by atoms with Gasteiger partial charge in [-0.2, -0.15) is 0 Å². The van der Waals surface area contributed by atoms with Crippen molar-refractivity contribution in [2.24, 2.45) is 0 Å². The maximum atomic E-state index is 3.59. The van der Waals surface area contributed by atoms with Gasteiger partial charge in [0, 0.05) is 4.47 Å². The predicted molar refractivity (Wildman–Crippen MR) is 94.5 cm³/mol. The van der Waals surface area contributed by atoms with Gasteiger partial charge in [0.1, 0.15) is 0 Å². The molecule has 0 saturated carbocycles. The number of benzene rings is 3. The van der Waals surface area contributed by atoms with Gasteiger partial charge in [-0.1, -0.05) is 81.7 Å². The Labute approximate surface area is 134 Å². The SMILES string of the molecule is Cc1ccc(-c2ccc(Br)cc2-c2ccc(C)cc2)cc1. The molecule has 0 heterocycles. The van der Waals surface area contributed by atoms with E-state index < -0.39 is 0 Å². The van der Waals surface area contributed by atoms with Crippen molar-refractivity contribution in [3.05, 3.63) is 82.3 Å². The van der Waals surface area contributed by atoms with E-state index in [1.54, 1.807) is 0 Å². The molecule has 3 rings (SSSR count). The van der Waals surface area contributed by atoms with Crippen LogP contribution >= 0.6 is 15.9 Å². The first-order chi connectivity index (χ1) is 10.1. The second-order valence-electron chi connectivity index (χ2n) is 5.42. The molecule has 0 atom stereocenters. The molecule has 0 aliphatic rings. The molecule has 0 saturated heterocycles. The van der Waals surface area contributed by atoms with Crippen LogP contribution in [0.25, 0.3) is 22.3 Å². The number of rotatable bonds is 2. The summed E-state index contributed by atoms with van der Waals surface area (Å²) in [6, 6.07) is 23.9. The summed E-state index contributed by atoms with van der Waals surface area (Å²) in [7, 11) is 0. The third-order valence-electron chi connectivity index (χ3n) is 3.71. The summed E-state index contributed by atoms with van der Waals surface area (Å²) in [6.07, 6.45) is 0. The van der Waals surface area contributed by atoms with Crippen LogP contribution in [0.4, 0.5) is 0 Å². The first kappa shape index (κ1) is 14.1. The topological polar surface area (TPSA) is 0 Å². The third-order valence-corrected chi connectivity index (χ3v) is 4.20. The molecule has 21 heavy (non-hydrogen) atoms. The average molecular weight is 337 g/mol. The molecule has 0 nitrogen and oxygen atoms in total. The lowest BCUT2D eigenvalue weighted by molar-refractivity contribution is 1.45.